The van der Waals surface area contributed by atoms with Crippen molar-refractivity contribution in [1.82, 2.24) is 20.1 Å². The molecule has 0 aliphatic heterocycles. The summed E-state index contributed by atoms with van der Waals surface area (Å²) in [5, 5.41) is 10.1. The van der Waals surface area contributed by atoms with Crippen LogP contribution in [-0.2, 0) is 6.42 Å². The van der Waals surface area contributed by atoms with Crippen LogP contribution in [0.2, 0.25) is 0 Å². The Kier molecular flexibility index (Phi) is 4.27. The molecule has 102 valence electrons. The summed E-state index contributed by atoms with van der Waals surface area (Å²) in [6.07, 6.45) is 0.667. The summed E-state index contributed by atoms with van der Waals surface area (Å²) in [6.45, 7) is 7.22. The molecule has 0 atom stereocenters. The summed E-state index contributed by atoms with van der Waals surface area (Å²) < 4.78 is 5.04. The Balaban J connectivity index is 1.91. The lowest BCUT2D eigenvalue weighted by molar-refractivity contribution is 0.377. The van der Waals surface area contributed by atoms with Gasteiger partial charge in [-0.25, -0.2) is 9.97 Å². The molecule has 2 N–H and O–H groups in total. The van der Waals surface area contributed by atoms with Gasteiger partial charge in [-0.1, -0.05) is 5.16 Å². The van der Waals surface area contributed by atoms with Crippen molar-refractivity contribution in [3.8, 4) is 0 Å². The van der Waals surface area contributed by atoms with Gasteiger partial charge >= 0.3 is 0 Å². The lowest BCUT2D eigenvalue weighted by atomic mass is 10.4. The van der Waals surface area contributed by atoms with E-state index < -0.39 is 0 Å². The summed E-state index contributed by atoms with van der Waals surface area (Å²) >= 11 is 0. The molecule has 0 amide bonds. The lowest BCUT2D eigenvalue weighted by Crippen LogP contribution is -2.09. The molecule has 0 bridgehead atoms. The molecule has 7 heteroatoms. The van der Waals surface area contributed by atoms with E-state index >= 15 is 0 Å². The van der Waals surface area contributed by atoms with Gasteiger partial charge in [-0.3, -0.25) is 0 Å². The van der Waals surface area contributed by atoms with E-state index in [0.717, 1.165) is 24.0 Å². The van der Waals surface area contributed by atoms with E-state index in [1.807, 2.05) is 19.9 Å². The Labute approximate surface area is 111 Å². The van der Waals surface area contributed by atoms with E-state index in [2.05, 4.69) is 30.7 Å². The topological polar surface area (TPSA) is 88.8 Å². The second-order valence-corrected chi connectivity index (χ2v) is 4.13. The predicted molar refractivity (Wildman–Crippen MR) is 72.2 cm³/mol. The van der Waals surface area contributed by atoms with Gasteiger partial charge in [0.05, 0.1) is 0 Å². The number of aryl methyl sites for hydroxylation is 2. The highest BCUT2D eigenvalue weighted by Gasteiger charge is 2.04. The van der Waals surface area contributed by atoms with Crippen LogP contribution in [0, 0.1) is 13.8 Å². The number of anilines is 2. The van der Waals surface area contributed by atoms with E-state index in [4.69, 9.17) is 4.52 Å². The zero-order valence-electron chi connectivity index (χ0n) is 11.4. The first-order chi connectivity index (χ1) is 9.17. The van der Waals surface area contributed by atoms with Gasteiger partial charge in [-0.05, 0) is 20.8 Å². The molecule has 2 heterocycles. The minimum Gasteiger partial charge on any atom is -0.370 e. The third kappa shape index (κ3) is 3.90. The Hall–Kier alpha value is -2.18. The molecule has 7 nitrogen and oxygen atoms in total. The van der Waals surface area contributed by atoms with Gasteiger partial charge in [-0.15, -0.1) is 0 Å². The minimum atomic E-state index is 0.627. The van der Waals surface area contributed by atoms with Crippen LogP contribution in [-0.4, -0.2) is 33.2 Å². The summed E-state index contributed by atoms with van der Waals surface area (Å²) in [7, 11) is 0. The molecule has 19 heavy (non-hydrogen) atoms. The number of nitrogens with one attached hydrogen (secondary N) is 2. The number of nitrogens with zero attached hydrogens (tertiary/aromatic N) is 4. The van der Waals surface area contributed by atoms with Crippen molar-refractivity contribution >= 4 is 11.6 Å². The Morgan fingerprint density at radius 2 is 1.79 bits per heavy atom. The van der Waals surface area contributed by atoms with Gasteiger partial charge in [0.25, 0.3) is 0 Å². The Morgan fingerprint density at radius 3 is 2.42 bits per heavy atom. The molecule has 0 spiro atoms. The second-order valence-electron chi connectivity index (χ2n) is 4.13. The quantitative estimate of drug-likeness (QED) is 0.816. The van der Waals surface area contributed by atoms with E-state index in [1.165, 1.54) is 0 Å². The van der Waals surface area contributed by atoms with Gasteiger partial charge in [0.2, 0.25) is 5.89 Å². The fourth-order valence-electron chi connectivity index (χ4n) is 1.67. The van der Waals surface area contributed by atoms with Crippen LogP contribution >= 0.6 is 0 Å². The molecule has 0 fully saturated rings. The SMILES string of the molecule is CCNc1cc(NCCc2nc(C)no2)nc(C)n1. The molecule has 0 aliphatic carbocycles. The largest absolute Gasteiger partial charge is 0.370 e. The number of aromatic nitrogens is 4. The molecular weight excluding hydrogens is 244 g/mol. The molecule has 0 saturated heterocycles. The Bertz CT molecular complexity index is 539. The van der Waals surface area contributed by atoms with Crippen LogP contribution in [0.3, 0.4) is 0 Å². The average molecular weight is 262 g/mol. The second kappa shape index (κ2) is 6.12. The van der Waals surface area contributed by atoms with Crippen molar-refractivity contribution in [3.63, 3.8) is 0 Å². The number of rotatable bonds is 6. The fraction of sp³-hybridized carbons (Fsp3) is 0.500. The van der Waals surface area contributed by atoms with Gasteiger partial charge in [0.15, 0.2) is 5.82 Å². The summed E-state index contributed by atoms with van der Waals surface area (Å²) in [4.78, 5) is 12.8. The minimum absolute atomic E-state index is 0.627. The van der Waals surface area contributed by atoms with Crippen LogP contribution in [0.1, 0.15) is 24.5 Å². The maximum absolute atomic E-state index is 5.04. The van der Waals surface area contributed by atoms with E-state index in [9.17, 15) is 0 Å². The van der Waals surface area contributed by atoms with Crippen molar-refractivity contribution in [2.24, 2.45) is 0 Å². The standard InChI is InChI=1S/C12H18N6O/c1-4-13-10-7-11(16-8(2)15-10)14-6-5-12-17-9(3)18-19-12/h7H,4-6H2,1-3H3,(H2,13,14,15,16). The summed E-state index contributed by atoms with van der Waals surface area (Å²) in [6, 6.07) is 1.88. The van der Waals surface area contributed by atoms with Crippen molar-refractivity contribution in [2.45, 2.75) is 27.2 Å². The number of hydrogen-bond donors (Lipinski definition) is 2. The van der Waals surface area contributed by atoms with Gasteiger partial charge in [0, 0.05) is 25.6 Å². The highest BCUT2D eigenvalue weighted by Crippen LogP contribution is 2.10. The van der Waals surface area contributed by atoms with E-state index in [0.29, 0.717) is 24.7 Å². The molecule has 0 radical (unpaired) electrons. The first-order valence-electron chi connectivity index (χ1n) is 6.30. The van der Waals surface area contributed by atoms with Crippen LogP contribution in [0.5, 0.6) is 0 Å². The van der Waals surface area contributed by atoms with Gasteiger partial charge in [0.1, 0.15) is 17.5 Å². The monoisotopic (exact) mass is 262 g/mol. The Morgan fingerprint density at radius 1 is 1.05 bits per heavy atom. The van der Waals surface area contributed by atoms with Crippen LogP contribution in [0.25, 0.3) is 0 Å². The fourth-order valence-corrected chi connectivity index (χ4v) is 1.67. The normalized spacial score (nSPS) is 10.5. The zero-order chi connectivity index (χ0) is 13.7. The maximum Gasteiger partial charge on any atom is 0.228 e. The third-order valence-electron chi connectivity index (χ3n) is 2.41. The average Bonchev–Trinajstić information content (AvgIpc) is 2.75. The van der Waals surface area contributed by atoms with Crippen molar-refractivity contribution in [3.05, 3.63) is 23.6 Å². The molecule has 2 rings (SSSR count). The molecule has 0 saturated carbocycles. The molecule has 0 aromatic carbocycles. The smallest absolute Gasteiger partial charge is 0.228 e. The van der Waals surface area contributed by atoms with Crippen molar-refractivity contribution < 1.29 is 4.52 Å². The predicted octanol–water partition coefficient (Wildman–Crippen LogP) is 1.56. The highest BCUT2D eigenvalue weighted by molar-refractivity contribution is 5.47. The van der Waals surface area contributed by atoms with Gasteiger partial charge < -0.3 is 15.2 Å². The molecule has 0 aliphatic rings. The molecule has 2 aromatic heterocycles. The highest BCUT2D eigenvalue weighted by atomic mass is 16.5. The van der Waals surface area contributed by atoms with Crippen molar-refractivity contribution in [2.75, 3.05) is 23.7 Å². The zero-order valence-corrected chi connectivity index (χ0v) is 11.4. The lowest BCUT2D eigenvalue weighted by Gasteiger charge is -2.08. The van der Waals surface area contributed by atoms with E-state index in [1.54, 1.807) is 6.92 Å². The maximum atomic E-state index is 5.04. The molecular formula is C12H18N6O. The van der Waals surface area contributed by atoms with Crippen LogP contribution in [0.4, 0.5) is 11.6 Å². The summed E-state index contributed by atoms with van der Waals surface area (Å²) in [5.74, 6) is 3.63. The molecule has 0 unspecified atom stereocenters. The van der Waals surface area contributed by atoms with Gasteiger partial charge in [-0.2, -0.15) is 4.98 Å². The first-order valence-corrected chi connectivity index (χ1v) is 6.30. The van der Waals surface area contributed by atoms with Crippen molar-refractivity contribution in [1.29, 1.82) is 0 Å². The summed E-state index contributed by atoms with van der Waals surface area (Å²) in [5.41, 5.74) is 0. The first kappa shape index (κ1) is 13.3. The third-order valence-corrected chi connectivity index (χ3v) is 2.41. The molecule has 2 aromatic rings. The van der Waals surface area contributed by atoms with Crippen LogP contribution in [0.15, 0.2) is 10.6 Å². The van der Waals surface area contributed by atoms with E-state index in [-0.39, 0.29) is 0 Å². The number of hydrogen-bond acceptors (Lipinski definition) is 7. The van der Waals surface area contributed by atoms with Crippen LogP contribution < -0.4 is 10.6 Å².